The number of hydrogen-bond acceptors (Lipinski definition) is 8. The van der Waals surface area contributed by atoms with E-state index in [0.29, 0.717) is 28.9 Å². The average Bonchev–Trinajstić information content (AvgIpc) is 2.86. The predicted molar refractivity (Wildman–Crippen MR) is 132 cm³/mol. The summed E-state index contributed by atoms with van der Waals surface area (Å²) in [6, 6.07) is 6.09. The number of nitrogens with zero attached hydrogens (tertiary/aromatic N) is 5. The maximum Gasteiger partial charge on any atom is 0.255 e. The summed E-state index contributed by atoms with van der Waals surface area (Å²) in [7, 11) is 3.19. The molecule has 1 aromatic carbocycles. The van der Waals surface area contributed by atoms with Gasteiger partial charge in [-0.25, -0.2) is 14.4 Å². The zero-order valence-electron chi connectivity index (χ0n) is 20.8. The first kappa shape index (κ1) is 24.3. The molecule has 4 atom stereocenters. The number of alkyl halides is 1. The highest BCUT2D eigenvalue weighted by Gasteiger charge is 2.53. The summed E-state index contributed by atoms with van der Waals surface area (Å²) in [5.74, 6) is -0.0431. The summed E-state index contributed by atoms with van der Waals surface area (Å²) >= 11 is 0. The summed E-state index contributed by atoms with van der Waals surface area (Å²) in [5, 5.41) is 22.7. The van der Waals surface area contributed by atoms with E-state index in [9.17, 15) is 9.50 Å². The van der Waals surface area contributed by atoms with Crippen molar-refractivity contribution in [3.63, 3.8) is 0 Å². The molecule has 2 aliphatic rings. The molecule has 3 aromatic rings. The normalized spacial score (nSPS) is 27.5. The van der Waals surface area contributed by atoms with E-state index in [1.54, 1.807) is 18.3 Å². The van der Waals surface area contributed by atoms with Crippen LogP contribution in [0.1, 0.15) is 39.5 Å². The number of anilines is 1. The highest BCUT2D eigenvalue weighted by Crippen LogP contribution is 2.43. The van der Waals surface area contributed by atoms with E-state index in [2.05, 4.69) is 32.4 Å². The van der Waals surface area contributed by atoms with Crippen molar-refractivity contribution < 1.29 is 18.6 Å². The first-order valence-corrected chi connectivity index (χ1v) is 12.0. The van der Waals surface area contributed by atoms with Crippen molar-refractivity contribution in [3.05, 3.63) is 42.6 Å². The Morgan fingerprint density at radius 3 is 2.61 bits per heavy atom. The van der Waals surface area contributed by atoms with Crippen LogP contribution in [-0.2, 0) is 0 Å². The zero-order chi connectivity index (χ0) is 25.7. The van der Waals surface area contributed by atoms with Crippen molar-refractivity contribution in [3.8, 4) is 34.0 Å². The number of rotatable bonds is 5. The summed E-state index contributed by atoms with van der Waals surface area (Å²) in [6.45, 7) is 4.13. The van der Waals surface area contributed by atoms with E-state index in [4.69, 9.17) is 4.74 Å². The van der Waals surface area contributed by atoms with Crippen LogP contribution < -0.4 is 15.0 Å². The largest absolute Gasteiger partial charge is 0.507 e. The molecule has 0 amide bonds. The lowest BCUT2D eigenvalue weighted by Crippen LogP contribution is -2.72. The second-order valence-electron chi connectivity index (χ2n) is 10.3. The lowest BCUT2D eigenvalue weighted by molar-refractivity contribution is 0.00193. The number of phenols is 1. The Bertz CT molecular complexity index is 1280. The van der Waals surface area contributed by atoms with Gasteiger partial charge in [0, 0.05) is 29.9 Å². The smallest absolute Gasteiger partial charge is 0.255 e. The molecule has 2 aromatic heterocycles. The van der Waals surface area contributed by atoms with E-state index < -0.39 is 17.7 Å². The van der Waals surface area contributed by atoms with Crippen molar-refractivity contribution in [2.45, 2.75) is 62.8 Å². The average molecular weight is 497 g/mol. The van der Waals surface area contributed by atoms with Gasteiger partial charge in [0.1, 0.15) is 11.9 Å². The van der Waals surface area contributed by atoms with Crippen LogP contribution in [0.2, 0.25) is 0 Å². The minimum absolute atomic E-state index is 0.0131. The Kier molecular flexibility index (Phi) is 6.02. The number of nitrogens with one attached hydrogen (secondary N) is 1. The van der Waals surface area contributed by atoms with Crippen LogP contribution in [-0.4, -0.2) is 62.7 Å². The molecule has 0 aliphatic carbocycles. The predicted octanol–water partition coefficient (Wildman–Crippen LogP) is 4.29. The molecular formula is C26H30F2N6O2. The maximum absolute atomic E-state index is 15.6. The third kappa shape index (κ3) is 4.23. The van der Waals surface area contributed by atoms with Crippen LogP contribution in [0.5, 0.6) is 11.5 Å². The molecule has 4 heterocycles. The van der Waals surface area contributed by atoms with Crippen LogP contribution in [0.25, 0.3) is 22.5 Å². The number of fused-ring (bicyclic) bond motifs is 2. The molecule has 0 unspecified atom stereocenters. The SMILES string of the molecule is COc1cc(-c2ccc(-c3ncc(N(C)[C@@H]4C[C@@]5(C)CCC[C@](C)(N5)[C@@H]4F)nn3)c(O)c2)cnc1F. The summed E-state index contributed by atoms with van der Waals surface area (Å²) in [4.78, 5) is 9.92. The van der Waals surface area contributed by atoms with Gasteiger partial charge in [-0.3, -0.25) is 0 Å². The number of pyridine rings is 1. The molecule has 2 N–H and O–H groups in total. The van der Waals surface area contributed by atoms with E-state index in [1.807, 2.05) is 18.9 Å². The first-order valence-electron chi connectivity index (χ1n) is 12.0. The topological polar surface area (TPSA) is 96.3 Å². The Hall–Kier alpha value is -3.40. The molecule has 2 fully saturated rings. The van der Waals surface area contributed by atoms with Gasteiger partial charge in [0.2, 0.25) is 0 Å². The van der Waals surface area contributed by atoms with Crippen molar-refractivity contribution in [2.75, 3.05) is 19.1 Å². The van der Waals surface area contributed by atoms with E-state index in [0.717, 1.165) is 19.3 Å². The Morgan fingerprint density at radius 1 is 1.11 bits per heavy atom. The third-order valence-corrected chi connectivity index (χ3v) is 7.63. The molecule has 2 aliphatic heterocycles. The minimum atomic E-state index is -1.06. The highest BCUT2D eigenvalue weighted by molar-refractivity contribution is 5.73. The molecule has 0 spiro atoms. The van der Waals surface area contributed by atoms with Gasteiger partial charge in [0.25, 0.3) is 5.95 Å². The fourth-order valence-corrected chi connectivity index (χ4v) is 5.70. The molecule has 2 saturated heterocycles. The Balaban J connectivity index is 1.37. The summed E-state index contributed by atoms with van der Waals surface area (Å²) < 4.78 is 34.2. The highest BCUT2D eigenvalue weighted by atomic mass is 19.1. The number of aromatic nitrogens is 4. The second-order valence-corrected chi connectivity index (χ2v) is 10.3. The number of ether oxygens (including phenoxy) is 1. The third-order valence-electron chi connectivity index (χ3n) is 7.63. The number of hydrogen-bond donors (Lipinski definition) is 2. The van der Waals surface area contributed by atoms with Gasteiger partial charge in [-0.05, 0) is 63.3 Å². The molecule has 8 nitrogen and oxygen atoms in total. The quantitative estimate of drug-likeness (QED) is 0.505. The molecule has 36 heavy (non-hydrogen) atoms. The Labute approximate surface area is 208 Å². The molecule has 0 saturated carbocycles. The van der Waals surface area contributed by atoms with Crippen LogP contribution >= 0.6 is 0 Å². The van der Waals surface area contributed by atoms with Gasteiger partial charge >= 0.3 is 0 Å². The number of halogens is 2. The lowest BCUT2D eigenvalue weighted by atomic mass is 9.68. The van der Waals surface area contributed by atoms with Gasteiger partial charge in [-0.15, -0.1) is 10.2 Å². The van der Waals surface area contributed by atoms with E-state index in [1.165, 1.54) is 25.4 Å². The van der Waals surface area contributed by atoms with Gasteiger partial charge in [0.15, 0.2) is 17.4 Å². The molecule has 5 rings (SSSR count). The van der Waals surface area contributed by atoms with Gasteiger partial charge in [0.05, 0.1) is 24.9 Å². The fraction of sp³-hybridized carbons (Fsp3) is 0.462. The molecule has 10 heteroatoms. The van der Waals surface area contributed by atoms with Crippen LogP contribution in [0, 0.1) is 5.95 Å². The van der Waals surface area contributed by atoms with Crippen LogP contribution in [0.4, 0.5) is 14.6 Å². The molecule has 2 bridgehead atoms. The van der Waals surface area contributed by atoms with Crippen LogP contribution in [0.15, 0.2) is 36.7 Å². The summed E-state index contributed by atoms with van der Waals surface area (Å²) in [5.41, 5.74) is 0.914. The first-order chi connectivity index (χ1) is 17.1. The van der Waals surface area contributed by atoms with Crippen molar-refractivity contribution >= 4 is 5.82 Å². The minimum Gasteiger partial charge on any atom is -0.507 e. The fourth-order valence-electron chi connectivity index (χ4n) is 5.70. The van der Waals surface area contributed by atoms with Gasteiger partial charge in [-0.1, -0.05) is 6.07 Å². The number of benzene rings is 1. The monoisotopic (exact) mass is 496 g/mol. The van der Waals surface area contributed by atoms with Crippen LogP contribution in [0.3, 0.4) is 0 Å². The molecule has 190 valence electrons. The molecule has 0 radical (unpaired) electrons. The number of aromatic hydroxyl groups is 1. The summed E-state index contributed by atoms with van der Waals surface area (Å²) in [6.07, 6.45) is 5.34. The van der Waals surface area contributed by atoms with Crippen molar-refractivity contribution in [2.24, 2.45) is 0 Å². The van der Waals surface area contributed by atoms with E-state index >= 15 is 4.39 Å². The number of piperidine rings is 2. The number of methoxy groups -OCH3 is 1. The lowest BCUT2D eigenvalue weighted by Gasteiger charge is -2.56. The van der Waals surface area contributed by atoms with Crippen molar-refractivity contribution in [1.29, 1.82) is 0 Å². The zero-order valence-corrected chi connectivity index (χ0v) is 20.8. The van der Waals surface area contributed by atoms with Gasteiger partial charge < -0.3 is 20.1 Å². The Morgan fingerprint density at radius 2 is 1.92 bits per heavy atom. The van der Waals surface area contributed by atoms with Crippen molar-refractivity contribution in [1.82, 2.24) is 25.5 Å². The molecular weight excluding hydrogens is 466 g/mol. The number of phenolic OH excluding ortho intramolecular Hbond substituents is 1. The van der Waals surface area contributed by atoms with Gasteiger partial charge in [-0.2, -0.15) is 4.39 Å². The maximum atomic E-state index is 15.6. The van der Waals surface area contributed by atoms with E-state index in [-0.39, 0.29) is 28.9 Å². The standard InChI is InChI=1S/C26H30F2N6O2/c1-25-8-5-9-26(2,33-25)22(27)18(12-25)34(3)21-14-30-24(32-31-21)17-7-6-15(10-19(17)35)16-11-20(36-4)23(28)29-13-16/h6-7,10-11,13-14,18,22,33,35H,5,8-9,12H2,1-4H3/t18-,22-,25-,26+/m1/s1. The second kappa shape index (κ2) is 8.92.